The van der Waals surface area contributed by atoms with Crippen LogP contribution in [0.5, 0.6) is 17.2 Å². The Morgan fingerprint density at radius 3 is 2.79 bits per heavy atom. The number of aromatic nitrogens is 3. The molecule has 2 aromatic carbocycles. The molecule has 34 heavy (non-hydrogen) atoms. The number of phenols is 1. The van der Waals surface area contributed by atoms with Crippen LogP contribution in [0.25, 0.3) is 16.8 Å². The van der Waals surface area contributed by atoms with E-state index in [9.17, 15) is 14.3 Å². The van der Waals surface area contributed by atoms with Crippen molar-refractivity contribution in [2.45, 2.75) is 37.6 Å². The molecule has 0 spiro atoms. The van der Waals surface area contributed by atoms with Gasteiger partial charge in [0, 0.05) is 42.9 Å². The smallest absolute Gasteiger partial charge is 0.222 e. The summed E-state index contributed by atoms with van der Waals surface area (Å²) in [5.74, 6) is 0.499. The lowest BCUT2D eigenvalue weighted by molar-refractivity contribution is -0.130. The number of piperidine rings is 1. The number of ether oxygens (including phenoxy) is 1. The van der Waals surface area contributed by atoms with Crippen molar-refractivity contribution in [3.8, 4) is 28.5 Å². The number of phenolic OH excluding ortho intramolecular Hbond substituents is 1. The molecule has 1 unspecified atom stereocenters. The topological polar surface area (TPSA) is 80.0 Å². The van der Waals surface area contributed by atoms with Crippen LogP contribution in [0.3, 0.4) is 0 Å². The summed E-state index contributed by atoms with van der Waals surface area (Å²) < 4.78 is 21.8. The minimum atomic E-state index is -0.798. The van der Waals surface area contributed by atoms with Crippen LogP contribution < -0.4 is 4.74 Å². The van der Waals surface area contributed by atoms with Crippen molar-refractivity contribution in [2.75, 3.05) is 6.54 Å². The van der Waals surface area contributed by atoms with Gasteiger partial charge in [-0.3, -0.25) is 14.2 Å². The molecular formula is C26H23FN4O3. The lowest BCUT2D eigenvalue weighted by Crippen LogP contribution is -2.41. The maximum atomic E-state index is 14.1. The van der Waals surface area contributed by atoms with Gasteiger partial charge in [0.1, 0.15) is 11.6 Å². The normalized spacial score (nSPS) is 20.0. The molecule has 2 fully saturated rings. The third kappa shape index (κ3) is 3.46. The highest BCUT2D eigenvalue weighted by Gasteiger charge is 2.38. The summed E-state index contributed by atoms with van der Waals surface area (Å²) in [6, 6.07) is 11.9. The zero-order valence-electron chi connectivity index (χ0n) is 18.4. The molecule has 2 aliphatic heterocycles. The van der Waals surface area contributed by atoms with Crippen molar-refractivity contribution in [2.24, 2.45) is 0 Å². The summed E-state index contributed by atoms with van der Waals surface area (Å²) in [5, 5.41) is 9.55. The molecule has 1 amide bonds. The molecule has 2 aromatic heterocycles. The van der Waals surface area contributed by atoms with Gasteiger partial charge < -0.3 is 14.7 Å². The van der Waals surface area contributed by atoms with Gasteiger partial charge in [-0.2, -0.15) is 4.39 Å². The molecule has 7 nitrogen and oxygen atoms in total. The number of carbonyl (C=O) groups is 1. The fourth-order valence-corrected chi connectivity index (χ4v) is 5.13. The fourth-order valence-electron chi connectivity index (χ4n) is 5.13. The van der Waals surface area contributed by atoms with Gasteiger partial charge in [0.05, 0.1) is 17.4 Å². The molecule has 2 saturated heterocycles. The summed E-state index contributed by atoms with van der Waals surface area (Å²) in [6.45, 7) is 0.701. The number of benzene rings is 2. The Labute approximate surface area is 195 Å². The molecule has 2 atom stereocenters. The number of amides is 1. The second-order valence-corrected chi connectivity index (χ2v) is 8.88. The van der Waals surface area contributed by atoms with Gasteiger partial charge in [0.2, 0.25) is 11.7 Å². The molecule has 6 rings (SSSR count). The zero-order chi connectivity index (χ0) is 23.2. The second-order valence-electron chi connectivity index (χ2n) is 8.88. The van der Waals surface area contributed by atoms with Crippen molar-refractivity contribution in [1.29, 1.82) is 0 Å². The van der Waals surface area contributed by atoms with Crippen LogP contribution in [0.4, 0.5) is 4.39 Å². The van der Waals surface area contributed by atoms with Crippen LogP contribution >= 0.6 is 0 Å². The number of hydrogen-bond donors (Lipinski definition) is 1. The molecule has 0 bridgehead atoms. The molecule has 0 saturated carbocycles. The standard InChI is InChI=1S/C26H23FN4O3/c27-24-21(32)2-1-3-22(24)34-19-9-5-16(6-10-19)25-20-14-28-12-13-30(20)26(29-25)17-4-7-18-8-11-23(33)31(18)15-17/h1-3,5-6,9-10,12-14,17-18,32H,4,7-8,11,15H2/t17-,18?/m1/s1. The average molecular weight is 458 g/mol. The van der Waals surface area contributed by atoms with Crippen LogP contribution in [0.15, 0.2) is 61.1 Å². The van der Waals surface area contributed by atoms with Crippen molar-refractivity contribution in [3.63, 3.8) is 0 Å². The van der Waals surface area contributed by atoms with E-state index in [-0.39, 0.29) is 17.6 Å². The first-order chi connectivity index (χ1) is 16.6. The number of carbonyl (C=O) groups excluding carboxylic acids is 1. The van der Waals surface area contributed by atoms with Gasteiger partial charge in [-0.05, 0) is 55.7 Å². The molecular weight excluding hydrogens is 435 g/mol. The Kier molecular flexibility index (Phi) is 4.94. The van der Waals surface area contributed by atoms with Gasteiger partial charge in [0.25, 0.3) is 0 Å². The minimum absolute atomic E-state index is 0.0428. The zero-order valence-corrected chi connectivity index (χ0v) is 18.4. The summed E-state index contributed by atoms with van der Waals surface area (Å²) in [4.78, 5) is 23.7. The fraction of sp³-hybridized carbons (Fsp3) is 0.269. The van der Waals surface area contributed by atoms with Gasteiger partial charge >= 0.3 is 0 Å². The predicted octanol–water partition coefficient (Wildman–Crippen LogP) is 4.90. The number of aromatic hydroxyl groups is 1. The van der Waals surface area contributed by atoms with E-state index in [2.05, 4.69) is 9.38 Å². The number of halogens is 1. The van der Waals surface area contributed by atoms with Crippen LogP contribution in [0.1, 0.15) is 37.4 Å². The van der Waals surface area contributed by atoms with Crippen LogP contribution in [0.2, 0.25) is 0 Å². The Morgan fingerprint density at radius 2 is 1.94 bits per heavy atom. The van der Waals surface area contributed by atoms with Crippen molar-refractivity contribution >= 4 is 11.4 Å². The highest BCUT2D eigenvalue weighted by atomic mass is 19.1. The minimum Gasteiger partial charge on any atom is -0.505 e. The molecule has 4 aromatic rings. The van der Waals surface area contributed by atoms with Crippen LogP contribution in [-0.2, 0) is 4.79 Å². The van der Waals surface area contributed by atoms with Crippen LogP contribution in [-0.4, -0.2) is 42.9 Å². The molecule has 4 heterocycles. The molecule has 1 N–H and O–H groups in total. The van der Waals surface area contributed by atoms with E-state index in [1.54, 1.807) is 24.5 Å². The Balaban J connectivity index is 1.31. The van der Waals surface area contributed by atoms with Gasteiger partial charge in [-0.1, -0.05) is 6.07 Å². The number of fused-ring (bicyclic) bond motifs is 2. The summed E-state index contributed by atoms with van der Waals surface area (Å²) in [7, 11) is 0. The van der Waals surface area contributed by atoms with E-state index in [1.165, 1.54) is 18.2 Å². The predicted molar refractivity (Wildman–Crippen MR) is 123 cm³/mol. The van der Waals surface area contributed by atoms with Gasteiger partial charge in [-0.15, -0.1) is 0 Å². The Hall–Kier alpha value is -3.94. The largest absolute Gasteiger partial charge is 0.505 e. The Bertz CT molecular complexity index is 1380. The lowest BCUT2D eigenvalue weighted by Gasteiger charge is -2.34. The molecule has 0 radical (unpaired) electrons. The third-order valence-corrected chi connectivity index (χ3v) is 6.86. The molecule has 8 heteroatoms. The van der Waals surface area contributed by atoms with E-state index in [1.807, 2.05) is 23.2 Å². The van der Waals surface area contributed by atoms with E-state index in [0.29, 0.717) is 24.8 Å². The quantitative estimate of drug-likeness (QED) is 0.471. The summed E-state index contributed by atoms with van der Waals surface area (Å²) in [5.41, 5.74) is 2.57. The summed E-state index contributed by atoms with van der Waals surface area (Å²) in [6.07, 6.45) is 9.07. The maximum absolute atomic E-state index is 14.1. The molecule has 2 aliphatic rings. The lowest BCUT2D eigenvalue weighted by atomic mass is 9.92. The van der Waals surface area contributed by atoms with E-state index >= 15 is 0 Å². The number of imidazole rings is 1. The first-order valence-electron chi connectivity index (χ1n) is 11.5. The first kappa shape index (κ1) is 20.7. The van der Waals surface area contributed by atoms with Crippen molar-refractivity contribution in [3.05, 3.63) is 72.7 Å². The second kappa shape index (κ2) is 8.13. The number of nitrogens with zero attached hydrogens (tertiary/aromatic N) is 4. The van der Waals surface area contributed by atoms with E-state index in [0.717, 1.165) is 41.9 Å². The highest BCUT2D eigenvalue weighted by molar-refractivity contribution is 5.79. The van der Waals surface area contributed by atoms with Crippen molar-refractivity contribution < 1.29 is 19.0 Å². The Morgan fingerprint density at radius 1 is 1.09 bits per heavy atom. The number of rotatable bonds is 4. The first-order valence-corrected chi connectivity index (χ1v) is 11.5. The maximum Gasteiger partial charge on any atom is 0.222 e. The monoisotopic (exact) mass is 458 g/mol. The van der Waals surface area contributed by atoms with Gasteiger partial charge in [-0.25, -0.2) is 4.98 Å². The summed E-state index contributed by atoms with van der Waals surface area (Å²) >= 11 is 0. The highest BCUT2D eigenvalue weighted by Crippen LogP contribution is 2.37. The van der Waals surface area contributed by atoms with Crippen LogP contribution in [0, 0.1) is 5.82 Å². The average Bonchev–Trinajstić information content (AvgIpc) is 3.43. The molecule has 0 aliphatic carbocycles. The molecule has 172 valence electrons. The third-order valence-electron chi connectivity index (χ3n) is 6.86. The van der Waals surface area contributed by atoms with E-state index in [4.69, 9.17) is 9.72 Å². The van der Waals surface area contributed by atoms with E-state index < -0.39 is 11.6 Å². The van der Waals surface area contributed by atoms with Crippen molar-refractivity contribution in [1.82, 2.24) is 19.3 Å². The van der Waals surface area contributed by atoms with Gasteiger partial charge in [0.15, 0.2) is 11.5 Å². The number of hydrogen-bond acceptors (Lipinski definition) is 5. The SMILES string of the molecule is O=C1CCC2CC[C@@H](c3nc(-c4ccc(Oc5cccc(O)c5F)cc4)c4cnccn34)CN12.